The van der Waals surface area contributed by atoms with Gasteiger partial charge in [-0.05, 0) is 55.8 Å². The van der Waals surface area contributed by atoms with E-state index in [-0.39, 0.29) is 11.1 Å². The predicted molar refractivity (Wildman–Crippen MR) is 113 cm³/mol. The van der Waals surface area contributed by atoms with Gasteiger partial charge in [0.15, 0.2) is 0 Å². The first-order valence-corrected chi connectivity index (χ1v) is 10.7. The van der Waals surface area contributed by atoms with Crippen LogP contribution in [0.5, 0.6) is 5.75 Å². The number of hydrogen-bond donors (Lipinski definition) is 1. The number of benzene rings is 2. The second-order valence-electron chi connectivity index (χ2n) is 6.89. The maximum atomic E-state index is 13.5. The fourth-order valence-corrected chi connectivity index (χ4v) is 4.27. The Morgan fingerprint density at radius 1 is 1.17 bits per heavy atom. The third-order valence-corrected chi connectivity index (χ3v) is 5.74. The lowest BCUT2D eigenvalue weighted by Gasteiger charge is -2.33. The molecule has 1 N–H and O–H groups in total. The van der Waals surface area contributed by atoms with Gasteiger partial charge in [0, 0.05) is 29.7 Å². The van der Waals surface area contributed by atoms with E-state index >= 15 is 0 Å². The number of alkyl halides is 3. The Morgan fingerprint density at radius 3 is 2.69 bits per heavy atom. The molecule has 0 aromatic heterocycles. The van der Waals surface area contributed by atoms with Crippen molar-refractivity contribution in [1.82, 2.24) is 10.2 Å². The van der Waals surface area contributed by atoms with Crippen molar-refractivity contribution >= 4 is 27.5 Å². The highest BCUT2D eigenvalue weighted by molar-refractivity contribution is 9.10. The van der Waals surface area contributed by atoms with Crippen molar-refractivity contribution in [2.75, 3.05) is 32.8 Å². The van der Waals surface area contributed by atoms with Crippen molar-refractivity contribution in [2.45, 2.75) is 25.6 Å². The maximum Gasteiger partial charge on any atom is 0.417 e. The molecule has 3 rings (SSSR count). The van der Waals surface area contributed by atoms with Gasteiger partial charge in [0.1, 0.15) is 5.75 Å². The van der Waals surface area contributed by atoms with Crippen LogP contribution in [0.3, 0.4) is 0 Å². The molecule has 1 unspecified atom stereocenters. The smallest absolute Gasteiger partial charge is 0.417 e. The van der Waals surface area contributed by atoms with Gasteiger partial charge in [-0.3, -0.25) is 4.90 Å². The molecule has 158 valence electrons. The normalized spacial score (nSPS) is 17.0. The Bertz CT molecular complexity index is 839. The zero-order chi connectivity index (χ0) is 21.0. The molecule has 0 bridgehead atoms. The molecule has 0 radical (unpaired) electrons. The monoisotopic (exact) mass is 490 g/mol. The van der Waals surface area contributed by atoms with Crippen LogP contribution < -0.4 is 10.1 Å². The van der Waals surface area contributed by atoms with Crippen LogP contribution in [0.25, 0.3) is 0 Å². The summed E-state index contributed by atoms with van der Waals surface area (Å²) in [5.74, 6) is 0.668. The van der Waals surface area contributed by atoms with Gasteiger partial charge in [0.05, 0.1) is 23.2 Å². The summed E-state index contributed by atoms with van der Waals surface area (Å²) in [4.78, 5) is 2.20. The largest absolute Gasteiger partial charge is 0.494 e. The number of hydrogen-bond acceptors (Lipinski definition) is 3. The van der Waals surface area contributed by atoms with Crippen LogP contribution in [0.4, 0.5) is 13.2 Å². The van der Waals surface area contributed by atoms with Gasteiger partial charge >= 0.3 is 6.18 Å². The molecule has 1 fully saturated rings. The second kappa shape index (κ2) is 9.69. The average molecular weight is 492 g/mol. The van der Waals surface area contributed by atoms with Gasteiger partial charge in [0.2, 0.25) is 0 Å². The van der Waals surface area contributed by atoms with Gasteiger partial charge in [-0.25, -0.2) is 0 Å². The minimum atomic E-state index is -4.52. The van der Waals surface area contributed by atoms with Crippen LogP contribution in [-0.4, -0.2) is 37.7 Å². The maximum absolute atomic E-state index is 13.5. The Morgan fingerprint density at radius 2 is 1.97 bits per heavy atom. The summed E-state index contributed by atoms with van der Waals surface area (Å²) in [6.07, 6.45) is -3.60. The summed E-state index contributed by atoms with van der Waals surface area (Å²) in [6.45, 7) is 5.49. The van der Waals surface area contributed by atoms with Crippen molar-refractivity contribution in [3.8, 4) is 5.75 Å². The summed E-state index contributed by atoms with van der Waals surface area (Å²) in [5.41, 5.74) is 0.559. The van der Waals surface area contributed by atoms with E-state index in [2.05, 4.69) is 26.1 Å². The molecule has 29 heavy (non-hydrogen) atoms. The second-order valence-corrected chi connectivity index (χ2v) is 8.22. The van der Waals surface area contributed by atoms with E-state index in [1.807, 2.05) is 25.1 Å². The Kier molecular flexibility index (Phi) is 7.48. The standard InChI is InChI=1S/C21H23BrClF3N2O/c1-2-29-19-7-5-15(22)13-16(19)20(28-10-3-8-27-9-11-28)14-4-6-18(23)17(12-14)21(24,25)26/h4-7,12-13,20,27H,2-3,8-11H2,1H3. The van der Waals surface area contributed by atoms with Gasteiger partial charge in [-0.2, -0.15) is 13.2 Å². The number of halogens is 5. The quantitative estimate of drug-likeness (QED) is 0.563. The Hall–Kier alpha value is -1.28. The number of nitrogens with one attached hydrogen (secondary N) is 1. The fourth-order valence-electron chi connectivity index (χ4n) is 3.66. The van der Waals surface area contributed by atoms with E-state index in [0.717, 1.165) is 36.1 Å². The molecule has 2 aromatic carbocycles. The molecule has 1 atom stereocenters. The molecular weight excluding hydrogens is 469 g/mol. The first-order chi connectivity index (χ1) is 13.8. The van der Waals surface area contributed by atoms with Gasteiger partial charge < -0.3 is 10.1 Å². The number of rotatable bonds is 5. The highest BCUT2D eigenvalue weighted by Crippen LogP contribution is 2.41. The molecule has 1 heterocycles. The lowest BCUT2D eigenvalue weighted by molar-refractivity contribution is -0.137. The first-order valence-electron chi connectivity index (χ1n) is 9.55. The van der Waals surface area contributed by atoms with E-state index in [1.165, 1.54) is 12.1 Å². The molecule has 0 saturated carbocycles. The predicted octanol–water partition coefficient (Wildman–Crippen LogP) is 5.90. The summed E-state index contributed by atoms with van der Waals surface area (Å²) in [6, 6.07) is 9.45. The van der Waals surface area contributed by atoms with E-state index in [9.17, 15) is 13.2 Å². The molecule has 0 aliphatic carbocycles. The molecule has 3 nitrogen and oxygen atoms in total. The third kappa shape index (κ3) is 5.45. The SMILES string of the molecule is CCOc1ccc(Br)cc1C(c1ccc(Cl)c(C(F)(F)F)c1)N1CCCNCC1. The van der Waals surface area contributed by atoms with Crippen LogP contribution >= 0.6 is 27.5 Å². The van der Waals surface area contributed by atoms with E-state index < -0.39 is 11.7 Å². The van der Waals surface area contributed by atoms with Gasteiger partial charge in [0.25, 0.3) is 0 Å². The molecule has 1 saturated heterocycles. The first kappa shape index (κ1) is 22.4. The van der Waals surface area contributed by atoms with Crippen LogP contribution in [0.1, 0.15) is 36.1 Å². The van der Waals surface area contributed by atoms with E-state index in [0.29, 0.717) is 24.5 Å². The lowest BCUT2D eigenvalue weighted by atomic mass is 9.94. The topological polar surface area (TPSA) is 24.5 Å². The van der Waals surface area contributed by atoms with Crippen LogP contribution in [0, 0.1) is 0 Å². The van der Waals surface area contributed by atoms with Gasteiger partial charge in [-0.1, -0.05) is 33.6 Å². The number of nitrogens with zero attached hydrogens (tertiary/aromatic N) is 1. The minimum Gasteiger partial charge on any atom is -0.494 e. The fraction of sp³-hybridized carbons (Fsp3) is 0.429. The van der Waals surface area contributed by atoms with E-state index in [4.69, 9.17) is 16.3 Å². The molecule has 1 aliphatic rings. The average Bonchev–Trinajstić information content (AvgIpc) is 2.94. The van der Waals surface area contributed by atoms with Crippen molar-refractivity contribution < 1.29 is 17.9 Å². The summed E-state index contributed by atoms with van der Waals surface area (Å²) in [5, 5.41) is 3.05. The Labute approximate surface area is 182 Å². The summed E-state index contributed by atoms with van der Waals surface area (Å²) < 4.78 is 47.2. The highest BCUT2D eigenvalue weighted by atomic mass is 79.9. The van der Waals surface area contributed by atoms with Crippen molar-refractivity contribution in [3.63, 3.8) is 0 Å². The Balaban J connectivity index is 2.16. The van der Waals surface area contributed by atoms with E-state index in [1.54, 1.807) is 6.07 Å². The third-order valence-electron chi connectivity index (χ3n) is 4.92. The summed E-state index contributed by atoms with van der Waals surface area (Å²) in [7, 11) is 0. The van der Waals surface area contributed by atoms with Crippen molar-refractivity contribution in [2.24, 2.45) is 0 Å². The molecule has 0 amide bonds. The van der Waals surface area contributed by atoms with Crippen molar-refractivity contribution in [1.29, 1.82) is 0 Å². The van der Waals surface area contributed by atoms with Crippen LogP contribution in [0.2, 0.25) is 5.02 Å². The highest BCUT2D eigenvalue weighted by Gasteiger charge is 2.35. The number of ether oxygens (including phenoxy) is 1. The molecule has 1 aliphatic heterocycles. The molecule has 8 heteroatoms. The van der Waals surface area contributed by atoms with Crippen molar-refractivity contribution in [3.05, 3.63) is 62.6 Å². The molecular formula is C21H23BrClF3N2O. The minimum absolute atomic E-state index is 0.295. The van der Waals surface area contributed by atoms with Crippen LogP contribution in [-0.2, 0) is 6.18 Å². The summed E-state index contributed by atoms with van der Waals surface area (Å²) >= 11 is 9.37. The molecule has 2 aromatic rings. The zero-order valence-electron chi connectivity index (χ0n) is 16.0. The zero-order valence-corrected chi connectivity index (χ0v) is 18.4. The molecule has 0 spiro atoms. The lowest BCUT2D eigenvalue weighted by Crippen LogP contribution is -2.33. The van der Waals surface area contributed by atoms with Crippen LogP contribution in [0.15, 0.2) is 40.9 Å². The van der Waals surface area contributed by atoms with Gasteiger partial charge in [-0.15, -0.1) is 0 Å².